The first-order valence-corrected chi connectivity index (χ1v) is 12.1. The number of hydrogen-bond donors (Lipinski definition) is 1. The van der Waals surface area contributed by atoms with E-state index in [1.165, 1.54) is 0 Å². The van der Waals surface area contributed by atoms with E-state index in [9.17, 15) is 13.7 Å². The summed E-state index contributed by atoms with van der Waals surface area (Å²) in [4.78, 5) is 13.6. The fraction of sp³-hybridized carbons (Fsp3) is 0.120. The lowest BCUT2D eigenvalue weighted by Gasteiger charge is -2.34. The molecule has 0 aliphatic rings. The second-order valence-corrected chi connectivity index (χ2v) is 9.37. The highest BCUT2D eigenvalue weighted by atomic mass is 32.2. The Bertz CT molecular complexity index is 1360. The number of benzene rings is 1. The van der Waals surface area contributed by atoms with E-state index in [0.29, 0.717) is 17.7 Å². The zero-order valence-corrected chi connectivity index (χ0v) is 18.7. The van der Waals surface area contributed by atoms with E-state index in [-0.39, 0.29) is 5.82 Å². The molecule has 33 heavy (non-hydrogen) atoms. The molecular weight excluding hydrogens is 434 g/mol. The smallest absolute Gasteiger partial charge is 0.230 e. The molecule has 8 heteroatoms. The molecule has 4 rings (SSSR count). The molecule has 0 spiro atoms. The molecule has 3 aromatic heterocycles. The van der Waals surface area contributed by atoms with Gasteiger partial charge in [-0.2, -0.15) is 5.26 Å². The van der Waals surface area contributed by atoms with E-state index >= 15 is 0 Å². The predicted molar refractivity (Wildman–Crippen MR) is 126 cm³/mol. The van der Waals surface area contributed by atoms with Crippen LogP contribution in [0, 0.1) is 11.3 Å². The van der Waals surface area contributed by atoms with Gasteiger partial charge in [-0.25, -0.2) is 13.4 Å². The van der Waals surface area contributed by atoms with Crippen molar-refractivity contribution in [3.8, 4) is 6.07 Å². The summed E-state index contributed by atoms with van der Waals surface area (Å²) in [7, 11) is -3.47. The van der Waals surface area contributed by atoms with E-state index in [1.54, 1.807) is 36.8 Å². The molecule has 0 saturated carbocycles. The number of nitriles is 1. The molecule has 164 valence electrons. The summed E-state index contributed by atoms with van der Waals surface area (Å²) < 4.78 is 25.9. The van der Waals surface area contributed by atoms with Gasteiger partial charge in [-0.15, -0.1) is 0 Å². The summed E-state index contributed by atoms with van der Waals surface area (Å²) in [5.41, 5.74) is 2.85. The second-order valence-electron chi connectivity index (χ2n) is 7.62. The van der Waals surface area contributed by atoms with Crippen molar-refractivity contribution >= 4 is 15.8 Å². The molecule has 1 atom stereocenters. The molecule has 0 amide bonds. The normalized spacial score (nSPS) is 13.0. The van der Waals surface area contributed by atoms with Crippen LogP contribution >= 0.6 is 0 Å². The maximum atomic E-state index is 11.7. The van der Waals surface area contributed by atoms with Gasteiger partial charge in [0.2, 0.25) is 10.0 Å². The molecule has 0 aliphatic heterocycles. The Hall–Kier alpha value is -4.09. The lowest BCUT2D eigenvalue weighted by molar-refractivity contribution is 0.581. The molecule has 1 N–H and O–H groups in total. The Morgan fingerprint density at radius 1 is 0.970 bits per heavy atom. The fourth-order valence-electron chi connectivity index (χ4n) is 3.94. The van der Waals surface area contributed by atoms with Gasteiger partial charge in [0, 0.05) is 30.7 Å². The van der Waals surface area contributed by atoms with Crippen molar-refractivity contribution in [2.24, 2.45) is 0 Å². The molecule has 0 aliphatic carbocycles. The van der Waals surface area contributed by atoms with Gasteiger partial charge in [0.05, 0.1) is 29.0 Å². The van der Waals surface area contributed by atoms with Gasteiger partial charge < -0.3 is 0 Å². The van der Waals surface area contributed by atoms with Crippen molar-refractivity contribution in [2.45, 2.75) is 11.8 Å². The number of rotatable bonds is 7. The monoisotopic (exact) mass is 455 g/mol. The van der Waals surface area contributed by atoms with Crippen LogP contribution in [0.4, 0.5) is 5.82 Å². The third-order valence-corrected chi connectivity index (χ3v) is 5.86. The summed E-state index contributed by atoms with van der Waals surface area (Å²) in [6.45, 7) is 0. The van der Waals surface area contributed by atoms with Gasteiger partial charge in [0.25, 0.3) is 0 Å². The average Bonchev–Trinajstić information content (AvgIpc) is 2.83. The molecule has 0 fully saturated rings. The highest BCUT2D eigenvalue weighted by Crippen LogP contribution is 2.41. The maximum Gasteiger partial charge on any atom is 0.230 e. The predicted octanol–water partition coefficient (Wildman–Crippen LogP) is 3.69. The minimum Gasteiger partial charge on any atom is -0.268 e. The number of anilines is 1. The first kappa shape index (κ1) is 22.1. The van der Waals surface area contributed by atoms with Gasteiger partial charge in [0.1, 0.15) is 5.82 Å². The van der Waals surface area contributed by atoms with Gasteiger partial charge in [-0.05, 0) is 53.6 Å². The first-order valence-electron chi connectivity index (χ1n) is 10.2. The molecule has 1 aromatic carbocycles. The lowest BCUT2D eigenvalue weighted by atomic mass is 9.69. The van der Waals surface area contributed by atoms with Crippen molar-refractivity contribution in [2.75, 3.05) is 11.0 Å². The van der Waals surface area contributed by atoms with Crippen molar-refractivity contribution in [1.82, 2.24) is 15.0 Å². The Kier molecular flexibility index (Phi) is 6.16. The summed E-state index contributed by atoms with van der Waals surface area (Å²) in [5.74, 6) is 0.238. The second kappa shape index (κ2) is 9.18. The Morgan fingerprint density at radius 2 is 1.79 bits per heavy atom. The van der Waals surface area contributed by atoms with Crippen LogP contribution in [0.1, 0.15) is 28.1 Å². The number of hydrogen-bond acceptors (Lipinski definition) is 6. The number of nitrogens with one attached hydrogen (secondary N) is 1. The zero-order valence-electron chi connectivity index (χ0n) is 17.9. The quantitative estimate of drug-likeness (QED) is 0.455. The van der Waals surface area contributed by atoms with Crippen LogP contribution in [-0.4, -0.2) is 29.6 Å². The molecular formula is C25H21N5O2S. The Labute approximate surface area is 192 Å². The minimum absolute atomic E-state index is 0.238. The fourth-order valence-corrected chi connectivity index (χ4v) is 4.43. The Morgan fingerprint density at radius 3 is 2.48 bits per heavy atom. The standard InChI is InChI=1S/C25H21N5O2S/c1-33(31,32)30-24-12-5-10-22(29-24)16-25(21-9-6-13-27-18-21,23-11-2-3-14-28-23)20-8-4-7-19(15-20)17-26/h2-15,18H,16H2,1H3,(H,29,30). The molecule has 1 unspecified atom stereocenters. The van der Waals surface area contributed by atoms with Gasteiger partial charge in [-0.3, -0.25) is 14.7 Å². The van der Waals surface area contributed by atoms with Gasteiger partial charge in [-0.1, -0.05) is 30.3 Å². The summed E-state index contributed by atoms with van der Waals surface area (Å²) in [5, 5.41) is 9.55. The van der Waals surface area contributed by atoms with Gasteiger partial charge >= 0.3 is 0 Å². The van der Waals surface area contributed by atoms with Crippen molar-refractivity contribution in [3.63, 3.8) is 0 Å². The number of aromatic nitrogens is 3. The van der Waals surface area contributed by atoms with E-state index in [2.05, 4.69) is 25.7 Å². The number of sulfonamides is 1. The van der Waals surface area contributed by atoms with E-state index in [4.69, 9.17) is 0 Å². The van der Waals surface area contributed by atoms with E-state index in [1.807, 2.05) is 54.6 Å². The zero-order chi connectivity index (χ0) is 23.3. The summed E-state index contributed by atoms with van der Waals surface area (Å²) in [6, 6.07) is 24.3. The summed E-state index contributed by atoms with van der Waals surface area (Å²) >= 11 is 0. The molecule has 0 saturated heterocycles. The number of nitrogens with zero attached hydrogens (tertiary/aromatic N) is 4. The van der Waals surface area contributed by atoms with E-state index in [0.717, 1.165) is 23.1 Å². The number of pyridine rings is 3. The third-order valence-electron chi connectivity index (χ3n) is 5.28. The van der Waals surface area contributed by atoms with Gasteiger partial charge in [0.15, 0.2) is 0 Å². The molecule has 4 aromatic rings. The molecule has 7 nitrogen and oxygen atoms in total. The van der Waals surface area contributed by atoms with Crippen LogP contribution < -0.4 is 4.72 Å². The molecule has 0 bridgehead atoms. The van der Waals surface area contributed by atoms with Crippen LogP contribution in [0.2, 0.25) is 0 Å². The first-order chi connectivity index (χ1) is 15.9. The largest absolute Gasteiger partial charge is 0.268 e. The maximum absolute atomic E-state index is 11.7. The minimum atomic E-state index is -3.47. The van der Waals surface area contributed by atoms with Crippen LogP contribution in [0.3, 0.4) is 0 Å². The average molecular weight is 456 g/mol. The molecule has 3 heterocycles. The van der Waals surface area contributed by atoms with Crippen LogP contribution in [0.15, 0.2) is 91.4 Å². The topological polar surface area (TPSA) is 109 Å². The SMILES string of the molecule is CS(=O)(=O)Nc1cccc(CC(c2cccnc2)(c2cccc(C#N)c2)c2ccccn2)n1. The van der Waals surface area contributed by atoms with E-state index < -0.39 is 15.4 Å². The third kappa shape index (κ3) is 4.89. The summed E-state index contributed by atoms with van der Waals surface area (Å²) in [6.07, 6.45) is 6.66. The lowest BCUT2D eigenvalue weighted by Crippen LogP contribution is -2.34. The van der Waals surface area contributed by atoms with Crippen LogP contribution in [-0.2, 0) is 21.9 Å². The van der Waals surface area contributed by atoms with Crippen LogP contribution in [0.25, 0.3) is 0 Å². The van der Waals surface area contributed by atoms with Crippen molar-refractivity contribution < 1.29 is 8.42 Å². The Balaban J connectivity index is 1.97. The van der Waals surface area contributed by atoms with Crippen molar-refractivity contribution in [1.29, 1.82) is 5.26 Å². The van der Waals surface area contributed by atoms with Crippen molar-refractivity contribution in [3.05, 3.63) is 119 Å². The van der Waals surface area contributed by atoms with Crippen LogP contribution in [0.5, 0.6) is 0 Å². The highest BCUT2D eigenvalue weighted by Gasteiger charge is 2.39. The highest BCUT2D eigenvalue weighted by molar-refractivity contribution is 7.92. The molecule has 0 radical (unpaired) electrons.